The zero-order valence-electron chi connectivity index (χ0n) is 11.0. The molecule has 1 aromatic carbocycles. The summed E-state index contributed by atoms with van der Waals surface area (Å²) in [6.07, 6.45) is -0.0129. The first-order chi connectivity index (χ1) is 8.75. The van der Waals surface area contributed by atoms with Crippen LogP contribution in [0.4, 0.5) is 0 Å². The van der Waals surface area contributed by atoms with Crippen LogP contribution in [0.3, 0.4) is 0 Å². The molecule has 19 heavy (non-hydrogen) atoms. The number of thioether (sulfide) groups is 1. The maximum Gasteiger partial charge on any atom is 0.304 e. The molecule has 1 aromatic rings. The molecule has 1 unspecified atom stereocenters. The van der Waals surface area contributed by atoms with Crippen LogP contribution in [0.1, 0.15) is 13.3 Å². The summed E-state index contributed by atoms with van der Waals surface area (Å²) < 4.78 is 25.5. The molecular weight excluding hydrogens is 286 g/mol. The molecule has 5 nitrogen and oxygen atoms in total. The average Bonchev–Trinajstić information content (AvgIpc) is 2.27. The van der Waals surface area contributed by atoms with Gasteiger partial charge in [0.15, 0.2) is 0 Å². The molecule has 0 aromatic heterocycles. The van der Waals surface area contributed by atoms with E-state index in [1.54, 1.807) is 25.1 Å². The Hall–Kier alpha value is -1.05. The van der Waals surface area contributed by atoms with Crippen LogP contribution in [-0.2, 0) is 14.8 Å². The van der Waals surface area contributed by atoms with Gasteiger partial charge in [0.1, 0.15) is 0 Å². The van der Waals surface area contributed by atoms with Crippen molar-refractivity contribution in [1.82, 2.24) is 4.31 Å². The van der Waals surface area contributed by atoms with Crippen molar-refractivity contribution in [3.8, 4) is 0 Å². The summed E-state index contributed by atoms with van der Waals surface area (Å²) in [6.45, 7) is 1.76. The molecule has 0 aliphatic carbocycles. The minimum absolute atomic E-state index is 0.0129. The highest BCUT2D eigenvalue weighted by molar-refractivity contribution is 8.00. The van der Waals surface area contributed by atoms with Crippen molar-refractivity contribution in [2.24, 2.45) is 0 Å². The number of carboxylic acid groups (broad SMARTS) is 1. The first kappa shape index (κ1) is 16.0. The molecule has 106 valence electrons. The van der Waals surface area contributed by atoms with E-state index in [-0.39, 0.29) is 16.6 Å². The summed E-state index contributed by atoms with van der Waals surface area (Å²) in [5, 5.41) is 8.54. The summed E-state index contributed by atoms with van der Waals surface area (Å²) >= 11 is 1.26. The summed E-state index contributed by atoms with van der Waals surface area (Å²) in [5.41, 5.74) is 0. The number of carbonyl (C=O) groups is 1. The predicted molar refractivity (Wildman–Crippen MR) is 74.9 cm³/mol. The fraction of sp³-hybridized carbons (Fsp3) is 0.417. The number of carboxylic acids is 1. The Morgan fingerprint density at radius 1 is 1.37 bits per heavy atom. The van der Waals surface area contributed by atoms with Crippen molar-refractivity contribution < 1.29 is 18.3 Å². The van der Waals surface area contributed by atoms with Gasteiger partial charge < -0.3 is 5.11 Å². The van der Waals surface area contributed by atoms with Gasteiger partial charge in [-0.3, -0.25) is 4.79 Å². The third-order valence-corrected chi connectivity index (χ3v) is 5.58. The van der Waals surface area contributed by atoms with Crippen molar-refractivity contribution in [1.29, 1.82) is 0 Å². The lowest BCUT2D eigenvalue weighted by Crippen LogP contribution is -2.23. The Balaban J connectivity index is 3.07. The predicted octanol–water partition coefficient (Wildman–Crippen LogP) is 1.89. The Kier molecular flexibility index (Phi) is 5.39. The van der Waals surface area contributed by atoms with Crippen molar-refractivity contribution in [2.45, 2.75) is 28.4 Å². The van der Waals surface area contributed by atoms with Crippen LogP contribution in [0.15, 0.2) is 34.1 Å². The number of sulfonamides is 1. The molecule has 1 N–H and O–H groups in total. The molecule has 0 aliphatic rings. The fourth-order valence-corrected chi connectivity index (χ4v) is 3.89. The number of nitrogens with zero attached hydrogens (tertiary/aromatic N) is 1. The third kappa shape index (κ3) is 4.22. The second-order valence-corrected chi connectivity index (χ2v) is 7.86. The second kappa shape index (κ2) is 6.40. The Morgan fingerprint density at radius 3 is 2.47 bits per heavy atom. The first-order valence-electron chi connectivity index (χ1n) is 5.65. The molecule has 1 atom stereocenters. The SMILES string of the molecule is CC(CC(=O)O)Sc1ccccc1S(=O)(=O)N(C)C. The smallest absolute Gasteiger partial charge is 0.304 e. The van der Waals surface area contributed by atoms with Crippen LogP contribution in [0, 0.1) is 0 Å². The molecule has 0 saturated heterocycles. The monoisotopic (exact) mass is 303 g/mol. The largest absolute Gasteiger partial charge is 0.481 e. The summed E-state index contributed by atoms with van der Waals surface area (Å²) in [6, 6.07) is 6.62. The minimum atomic E-state index is -3.52. The maximum atomic E-state index is 12.2. The van der Waals surface area contributed by atoms with Gasteiger partial charge in [-0.25, -0.2) is 12.7 Å². The van der Waals surface area contributed by atoms with Gasteiger partial charge in [0.05, 0.1) is 11.3 Å². The van der Waals surface area contributed by atoms with E-state index in [2.05, 4.69) is 0 Å². The van der Waals surface area contributed by atoms with Gasteiger partial charge >= 0.3 is 5.97 Å². The number of rotatable bonds is 6. The van der Waals surface area contributed by atoms with E-state index in [0.29, 0.717) is 4.90 Å². The lowest BCUT2D eigenvalue weighted by Gasteiger charge is -2.16. The number of hydrogen-bond acceptors (Lipinski definition) is 4. The highest BCUT2D eigenvalue weighted by Crippen LogP contribution is 2.31. The molecule has 7 heteroatoms. The van der Waals surface area contributed by atoms with E-state index in [4.69, 9.17) is 5.11 Å². The van der Waals surface area contributed by atoms with Gasteiger partial charge in [-0.15, -0.1) is 11.8 Å². The normalized spacial score (nSPS) is 13.5. The van der Waals surface area contributed by atoms with Crippen LogP contribution in [0.25, 0.3) is 0 Å². The molecular formula is C12H17NO4S2. The van der Waals surface area contributed by atoms with Crippen LogP contribution >= 0.6 is 11.8 Å². The molecule has 0 saturated carbocycles. The van der Waals surface area contributed by atoms with Crippen molar-refractivity contribution in [3.05, 3.63) is 24.3 Å². The highest BCUT2D eigenvalue weighted by atomic mass is 32.2. The number of hydrogen-bond donors (Lipinski definition) is 1. The van der Waals surface area contributed by atoms with Gasteiger partial charge in [-0.1, -0.05) is 19.1 Å². The van der Waals surface area contributed by atoms with Crippen molar-refractivity contribution in [2.75, 3.05) is 14.1 Å². The molecule has 1 rings (SSSR count). The van der Waals surface area contributed by atoms with Crippen LogP contribution in [-0.4, -0.2) is 43.1 Å². The lowest BCUT2D eigenvalue weighted by atomic mass is 10.3. The van der Waals surface area contributed by atoms with Crippen molar-refractivity contribution >= 4 is 27.8 Å². The lowest BCUT2D eigenvalue weighted by molar-refractivity contribution is -0.136. The van der Waals surface area contributed by atoms with Crippen molar-refractivity contribution in [3.63, 3.8) is 0 Å². The van der Waals surface area contributed by atoms with Gasteiger partial charge in [0.25, 0.3) is 0 Å². The molecule has 0 aliphatic heterocycles. The van der Waals surface area contributed by atoms with E-state index in [0.717, 1.165) is 4.31 Å². The zero-order valence-corrected chi connectivity index (χ0v) is 12.7. The molecule has 0 bridgehead atoms. The van der Waals surface area contributed by atoms with Crippen LogP contribution in [0.5, 0.6) is 0 Å². The summed E-state index contributed by atoms with van der Waals surface area (Å²) in [7, 11) is -0.577. The molecule has 0 amide bonds. The van der Waals surface area contributed by atoms with E-state index < -0.39 is 16.0 Å². The summed E-state index contributed by atoms with van der Waals surface area (Å²) in [5.74, 6) is -0.895. The summed E-state index contributed by atoms with van der Waals surface area (Å²) in [4.78, 5) is 11.4. The second-order valence-electron chi connectivity index (χ2n) is 4.26. The standard InChI is InChI=1S/C12H17NO4S2/c1-9(8-12(14)15)18-10-6-4-5-7-11(10)19(16,17)13(2)3/h4-7,9H,8H2,1-3H3,(H,14,15). The Morgan fingerprint density at radius 2 is 1.95 bits per heavy atom. The zero-order chi connectivity index (χ0) is 14.6. The molecule has 0 fully saturated rings. The number of aliphatic carboxylic acids is 1. The average molecular weight is 303 g/mol. The first-order valence-corrected chi connectivity index (χ1v) is 7.97. The van der Waals surface area contributed by atoms with Crippen LogP contribution < -0.4 is 0 Å². The third-order valence-electron chi connectivity index (χ3n) is 2.40. The van der Waals surface area contributed by atoms with E-state index in [1.165, 1.54) is 31.9 Å². The van der Waals surface area contributed by atoms with E-state index in [1.807, 2.05) is 0 Å². The minimum Gasteiger partial charge on any atom is -0.481 e. The van der Waals surface area contributed by atoms with Gasteiger partial charge in [0, 0.05) is 24.2 Å². The van der Waals surface area contributed by atoms with Gasteiger partial charge in [0.2, 0.25) is 10.0 Å². The number of benzene rings is 1. The Labute approximate surface area is 117 Å². The van der Waals surface area contributed by atoms with Gasteiger partial charge in [-0.2, -0.15) is 0 Å². The van der Waals surface area contributed by atoms with E-state index in [9.17, 15) is 13.2 Å². The van der Waals surface area contributed by atoms with E-state index >= 15 is 0 Å². The Bertz CT molecular complexity index is 555. The van der Waals surface area contributed by atoms with Crippen LogP contribution in [0.2, 0.25) is 0 Å². The highest BCUT2D eigenvalue weighted by Gasteiger charge is 2.22. The quantitative estimate of drug-likeness (QED) is 0.812. The fourth-order valence-electron chi connectivity index (χ4n) is 1.46. The molecule has 0 radical (unpaired) electrons. The molecule has 0 heterocycles. The maximum absolute atomic E-state index is 12.2. The van der Waals surface area contributed by atoms with Gasteiger partial charge in [-0.05, 0) is 12.1 Å². The molecule has 0 spiro atoms. The topological polar surface area (TPSA) is 74.7 Å².